The second-order valence-electron chi connectivity index (χ2n) is 3.67. The van der Waals surface area contributed by atoms with Crippen LogP contribution in [-0.2, 0) is 0 Å². The van der Waals surface area contributed by atoms with Gasteiger partial charge >= 0.3 is 0 Å². The second kappa shape index (κ2) is 6.23. The fourth-order valence-corrected chi connectivity index (χ4v) is 1.51. The number of hydrogen-bond acceptors (Lipinski definition) is 4. The molecule has 0 aliphatic rings. The first-order valence-electron chi connectivity index (χ1n) is 5.51. The number of rotatable bonds is 6. The molecule has 1 aromatic heterocycles. The molecule has 0 atom stereocenters. The van der Waals surface area contributed by atoms with Gasteiger partial charge in [0.15, 0.2) is 5.78 Å². The summed E-state index contributed by atoms with van der Waals surface area (Å²) < 4.78 is 0. The number of aromatic nitrogens is 1. The van der Waals surface area contributed by atoms with Gasteiger partial charge in [-0.25, -0.2) is 4.98 Å². The molecule has 16 heavy (non-hydrogen) atoms. The molecule has 0 aliphatic heterocycles. The maximum atomic E-state index is 11.1. The topological polar surface area (TPSA) is 53.4 Å². The lowest BCUT2D eigenvalue weighted by atomic mass is 10.2. The van der Waals surface area contributed by atoms with Gasteiger partial charge in [-0.1, -0.05) is 6.92 Å². The van der Waals surface area contributed by atoms with Crippen LogP contribution in [0.4, 0.5) is 5.82 Å². The van der Waals surface area contributed by atoms with E-state index in [1.165, 1.54) is 6.92 Å². The van der Waals surface area contributed by atoms with Gasteiger partial charge in [0.1, 0.15) is 5.82 Å². The number of hydrogen-bond donors (Lipinski definition) is 1. The predicted octanol–water partition coefficient (Wildman–Crippen LogP) is 1.49. The van der Waals surface area contributed by atoms with E-state index in [4.69, 9.17) is 5.11 Å². The van der Waals surface area contributed by atoms with Crippen LogP contribution in [0.15, 0.2) is 18.3 Å². The van der Waals surface area contributed by atoms with Gasteiger partial charge in [0, 0.05) is 24.8 Å². The first-order valence-corrected chi connectivity index (χ1v) is 5.51. The Bertz CT molecular complexity index is 329. The van der Waals surface area contributed by atoms with E-state index >= 15 is 0 Å². The van der Waals surface area contributed by atoms with E-state index in [1.807, 2.05) is 11.0 Å². The molecule has 0 saturated heterocycles. The van der Waals surface area contributed by atoms with Gasteiger partial charge in [0.2, 0.25) is 0 Å². The van der Waals surface area contributed by atoms with Crippen molar-refractivity contribution in [1.29, 1.82) is 0 Å². The third-order valence-corrected chi connectivity index (χ3v) is 2.34. The van der Waals surface area contributed by atoms with Crippen LogP contribution in [0.5, 0.6) is 0 Å². The molecule has 0 saturated carbocycles. The number of carbonyl (C=O) groups is 1. The van der Waals surface area contributed by atoms with Crippen molar-refractivity contribution in [3.63, 3.8) is 0 Å². The minimum Gasteiger partial charge on any atom is -0.395 e. The van der Waals surface area contributed by atoms with Crippen LogP contribution >= 0.6 is 0 Å². The minimum atomic E-state index is 0.0169. The van der Waals surface area contributed by atoms with Gasteiger partial charge in [-0.2, -0.15) is 0 Å². The van der Waals surface area contributed by atoms with E-state index in [0.717, 1.165) is 18.8 Å². The average Bonchev–Trinajstić information content (AvgIpc) is 2.29. The van der Waals surface area contributed by atoms with Gasteiger partial charge in [-0.3, -0.25) is 4.79 Å². The molecule has 1 aromatic rings. The van der Waals surface area contributed by atoms with Gasteiger partial charge in [-0.05, 0) is 25.5 Å². The lowest BCUT2D eigenvalue weighted by molar-refractivity contribution is 0.101. The molecule has 4 heteroatoms. The molecule has 0 bridgehead atoms. The predicted molar refractivity (Wildman–Crippen MR) is 63.8 cm³/mol. The maximum Gasteiger partial charge on any atom is 0.161 e. The summed E-state index contributed by atoms with van der Waals surface area (Å²) in [5, 5.41) is 8.94. The molecule has 88 valence electrons. The summed E-state index contributed by atoms with van der Waals surface area (Å²) in [6.07, 6.45) is 2.58. The van der Waals surface area contributed by atoms with Gasteiger partial charge in [-0.15, -0.1) is 0 Å². The van der Waals surface area contributed by atoms with Gasteiger partial charge in [0.25, 0.3) is 0 Å². The van der Waals surface area contributed by atoms with Crippen molar-refractivity contribution < 1.29 is 9.90 Å². The van der Waals surface area contributed by atoms with Crippen molar-refractivity contribution >= 4 is 11.6 Å². The molecule has 0 aliphatic carbocycles. The van der Waals surface area contributed by atoms with Crippen molar-refractivity contribution in [1.82, 2.24) is 4.98 Å². The molecule has 0 fully saturated rings. The molecule has 0 radical (unpaired) electrons. The summed E-state index contributed by atoms with van der Waals surface area (Å²) in [7, 11) is 0. The average molecular weight is 222 g/mol. The van der Waals surface area contributed by atoms with Crippen LogP contribution in [0.25, 0.3) is 0 Å². The first kappa shape index (κ1) is 12.6. The van der Waals surface area contributed by atoms with Crippen LogP contribution in [0.3, 0.4) is 0 Å². The van der Waals surface area contributed by atoms with Crippen LogP contribution in [0, 0.1) is 0 Å². The van der Waals surface area contributed by atoms with Crippen molar-refractivity contribution in [2.24, 2.45) is 0 Å². The van der Waals surface area contributed by atoms with E-state index in [-0.39, 0.29) is 12.4 Å². The van der Waals surface area contributed by atoms with E-state index in [9.17, 15) is 4.79 Å². The van der Waals surface area contributed by atoms with Crippen LogP contribution in [0.2, 0.25) is 0 Å². The zero-order valence-electron chi connectivity index (χ0n) is 9.81. The third-order valence-electron chi connectivity index (χ3n) is 2.34. The Kier molecular flexibility index (Phi) is 4.92. The number of anilines is 1. The summed E-state index contributed by atoms with van der Waals surface area (Å²) >= 11 is 0. The molecule has 1 heterocycles. The summed E-state index contributed by atoms with van der Waals surface area (Å²) in [6.45, 7) is 5.13. The van der Waals surface area contributed by atoms with Crippen molar-refractivity contribution in [3.05, 3.63) is 23.9 Å². The van der Waals surface area contributed by atoms with Crippen LogP contribution in [0.1, 0.15) is 30.6 Å². The fourth-order valence-electron chi connectivity index (χ4n) is 1.51. The van der Waals surface area contributed by atoms with E-state index in [1.54, 1.807) is 12.3 Å². The quantitative estimate of drug-likeness (QED) is 0.741. The number of Topliss-reactive ketones (excluding diaryl/α,β-unsaturated/α-hetero) is 1. The molecule has 0 unspecified atom stereocenters. The molecule has 4 nitrogen and oxygen atoms in total. The molecule has 1 N–H and O–H groups in total. The highest BCUT2D eigenvalue weighted by atomic mass is 16.3. The standard InChI is InChI=1S/C12H18N2O2/c1-3-6-14(7-8-15)12-5-4-11(9-13-12)10(2)16/h4-5,9,15H,3,6-8H2,1-2H3. The second-order valence-corrected chi connectivity index (χ2v) is 3.67. The highest BCUT2D eigenvalue weighted by molar-refractivity contribution is 5.93. The van der Waals surface area contributed by atoms with Crippen LogP contribution < -0.4 is 4.90 Å². The SMILES string of the molecule is CCCN(CCO)c1ccc(C(C)=O)cn1. The number of ketones is 1. The Labute approximate surface area is 95.9 Å². The Morgan fingerprint density at radius 2 is 2.19 bits per heavy atom. The molecule has 0 amide bonds. The number of aliphatic hydroxyl groups is 1. The lowest BCUT2D eigenvalue weighted by Gasteiger charge is -2.21. The highest BCUT2D eigenvalue weighted by Crippen LogP contribution is 2.11. The minimum absolute atomic E-state index is 0.0169. The molecule has 1 rings (SSSR count). The zero-order chi connectivity index (χ0) is 12.0. The van der Waals surface area contributed by atoms with Gasteiger partial charge < -0.3 is 10.0 Å². The zero-order valence-corrected chi connectivity index (χ0v) is 9.81. The normalized spacial score (nSPS) is 10.2. The highest BCUT2D eigenvalue weighted by Gasteiger charge is 2.07. The smallest absolute Gasteiger partial charge is 0.161 e. The number of nitrogens with zero attached hydrogens (tertiary/aromatic N) is 2. The number of pyridine rings is 1. The Hall–Kier alpha value is -1.42. The Morgan fingerprint density at radius 1 is 1.44 bits per heavy atom. The van der Waals surface area contributed by atoms with Crippen LogP contribution in [-0.4, -0.2) is 35.6 Å². The molecule has 0 spiro atoms. The van der Waals surface area contributed by atoms with E-state index in [0.29, 0.717) is 12.1 Å². The summed E-state index contributed by atoms with van der Waals surface area (Å²) in [5.41, 5.74) is 0.615. The van der Waals surface area contributed by atoms with Crippen molar-refractivity contribution in [2.75, 3.05) is 24.6 Å². The summed E-state index contributed by atoms with van der Waals surface area (Å²) in [6, 6.07) is 3.59. The van der Waals surface area contributed by atoms with E-state index < -0.39 is 0 Å². The number of aliphatic hydroxyl groups excluding tert-OH is 1. The lowest BCUT2D eigenvalue weighted by Crippen LogP contribution is -2.28. The van der Waals surface area contributed by atoms with Gasteiger partial charge in [0.05, 0.1) is 6.61 Å². The largest absolute Gasteiger partial charge is 0.395 e. The molecule has 0 aromatic carbocycles. The third kappa shape index (κ3) is 3.31. The van der Waals surface area contributed by atoms with Crippen molar-refractivity contribution in [2.45, 2.75) is 20.3 Å². The van der Waals surface area contributed by atoms with Crippen molar-refractivity contribution in [3.8, 4) is 0 Å². The monoisotopic (exact) mass is 222 g/mol. The first-order chi connectivity index (χ1) is 7.69. The Morgan fingerprint density at radius 3 is 2.62 bits per heavy atom. The maximum absolute atomic E-state index is 11.1. The van der Waals surface area contributed by atoms with E-state index in [2.05, 4.69) is 11.9 Å². The Balaban J connectivity index is 2.80. The number of carbonyl (C=O) groups excluding carboxylic acids is 1. The summed E-state index contributed by atoms with van der Waals surface area (Å²) in [4.78, 5) is 17.3. The molecular formula is C12H18N2O2. The fraction of sp³-hybridized carbons (Fsp3) is 0.500. The summed E-state index contributed by atoms with van der Waals surface area (Å²) in [5.74, 6) is 0.823. The molecular weight excluding hydrogens is 204 g/mol.